The topological polar surface area (TPSA) is 64.5 Å². The van der Waals surface area contributed by atoms with Gasteiger partial charge in [-0.1, -0.05) is 284 Å². The summed E-state index contributed by atoms with van der Waals surface area (Å²) in [7, 11) is 0. The zero-order valence-electron chi connectivity index (χ0n) is 85.8. The average Bonchev–Trinajstić information content (AvgIpc) is 0.830. The van der Waals surface area contributed by atoms with Crippen molar-refractivity contribution in [3.8, 4) is 33.4 Å². The first-order valence-corrected chi connectivity index (χ1v) is 45.7. The van der Waals surface area contributed by atoms with Gasteiger partial charge in [0.2, 0.25) is 0 Å². The summed E-state index contributed by atoms with van der Waals surface area (Å²) in [4.78, 5) is 22.0. The van der Waals surface area contributed by atoms with Crippen LogP contribution in [0.2, 0.25) is 0 Å². The molecular weight excluding hydrogens is 1770 g/mol. The Hall–Kier alpha value is -8.22. The summed E-state index contributed by atoms with van der Waals surface area (Å²) in [5, 5.41) is 7.52. The molecule has 16 aromatic rings. The van der Waals surface area contributed by atoms with E-state index in [-0.39, 0.29) is 98.1 Å². The predicted molar refractivity (Wildman–Crippen MR) is 558 cm³/mol. The summed E-state index contributed by atoms with van der Waals surface area (Å²) in [6.45, 7) is 77.0. The molecule has 673 valence electrons. The van der Waals surface area contributed by atoms with Gasteiger partial charge in [-0.25, -0.2) is 33.4 Å². The predicted octanol–water partition coefficient (Wildman–Crippen LogP) is 36.3. The van der Waals surface area contributed by atoms with Crippen molar-refractivity contribution in [2.45, 2.75) is 263 Å². The van der Waals surface area contributed by atoms with E-state index in [9.17, 15) is 0 Å². The summed E-state index contributed by atoms with van der Waals surface area (Å²) >= 11 is 0. The third-order valence-electron chi connectivity index (χ3n) is 16.8. The van der Waals surface area contributed by atoms with Crippen LogP contribution in [0.5, 0.6) is 0 Å². The SMILES string of the molecule is CC.CC.CC.CC.CC.CC.CC.CC.CC.CC.CC.Cc1[c-]c(-c2[c-]c(C)ccc2)ccc1.Cc1[c-]c(-c2[c-]cc(C)cc2)ccc1.Cc1[c-]c(-c2[c-]ccc(C)c2)ccc1.Cc1cc(C)c2ccccc2n1.Cc1cc2ccccc2c(C)n1.Cc1ccc2c(C)cccc2n1.Cc1ccc2c(C)cccc2n1.Cc1ccc2ncc(C)cc2c1.[Y].[Y].[Y]. The van der Waals surface area contributed by atoms with Crippen LogP contribution in [-0.4, -0.2) is 24.9 Å². The van der Waals surface area contributed by atoms with Crippen LogP contribution < -0.4 is 0 Å². The monoisotopic (exact) mass is 1920 g/mol. The van der Waals surface area contributed by atoms with Crippen molar-refractivity contribution in [2.24, 2.45) is 0 Å². The van der Waals surface area contributed by atoms with Crippen LogP contribution in [0.15, 0.2) is 261 Å². The van der Waals surface area contributed by atoms with E-state index in [1.54, 1.807) is 0 Å². The third-order valence-corrected chi connectivity index (χ3v) is 16.8. The summed E-state index contributed by atoms with van der Waals surface area (Å²) < 4.78 is 0. The average molecular weight is 1920 g/mol. The standard InChI is InChI=1S/3C14H12.5C11H11N.11C2H6.3Y/c2*1-11-5-3-7-13(9-11)14-8-4-6-12(2)10-14;1-11-6-8-13(9-7-11)14-5-3-4-12(2)10-14;1-8-3-4-11-10(5-8)6-9(2)7-12-11;2*1-8-4-3-5-11-10(8)7-6-9(2)12-11;1-8-7-10-5-3-4-6-11(10)9(2)12-8;1-8-7-9(2)12-11-6-4-3-5-10(8)11;11*1-2;;;/h3-7,10H,1-2H3;2*3-8H,1-2H3;5*3-7H,1-2H3;11*1-2H3;;;/q3*-2;;;;;;;;;;;;;;;;;;;. The maximum atomic E-state index is 4.44. The quantitative estimate of drug-likeness (QED) is 0.165. The summed E-state index contributed by atoms with van der Waals surface area (Å²) in [6.07, 6.45) is 1.90. The van der Waals surface area contributed by atoms with Crippen LogP contribution in [0.25, 0.3) is 87.8 Å². The van der Waals surface area contributed by atoms with Gasteiger partial charge in [-0.3, -0.25) is 24.9 Å². The molecule has 11 aromatic carbocycles. The molecule has 0 saturated heterocycles. The number of aryl methyl sites for hydroxylation is 16. The van der Waals surface area contributed by atoms with E-state index in [0.717, 1.165) is 106 Å². The zero-order chi connectivity index (χ0) is 94.7. The van der Waals surface area contributed by atoms with E-state index in [0.29, 0.717) is 0 Å². The molecule has 8 heteroatoms. The fourth-order valence-corrected chi connectivity index (χ4v) is 11.6. The molecule has 0 aliphatic heterocycles. The van der Waals surface area contributed by atoms with Gasteiger partial charge in [-0.05, 0) is 158 Å². The van der Waals surface area contributed by atoms with Gasteiger partial charge in [0.15, 0.2) is 0 Å². The van der Waals surface area contributed by atoms with Crippen LogP contribution in [0, 0.1) is 147 Å². The molecule has 0 fully saturated rings. The number of fused-ring (bicyclic) bond motifs is 5. The Morgan fingerprint density at radius 3 is 0.992 bits per heavy atom. The first-order valence-electron chi connectivity index (χ1n) is 45.7. The van der Waals surface area contributed by atoms with E-state index in [4.69, 9.17) is 0 Å². The molecule has 0 aliphatic carbocycles. The van der Waals surface area contributed by atoms with Crippen molar-refractivity contribution in [2.75, 3.05) is 0 Å². The van der Waals surface area contributed by atoms with Crippen LogP contribution in [0.1, 0.15) is 242 Å². The number of hydrogen-bond donors (Lipinski definition) is 0. The van der Waals surface area contributed by atoms with E-state index >= 15 is 0 Å². The Balaban J connectivity index is -0.000000318. The van der Waals surface area contributed by atoms with E-state index in [1.165, 1.54) is 71.3 Å². The Morgan fingerprint density at radius 2 is 0.567 bits per heavy atom. The van der Waals surface area contributed by atoms with Gasteiger partial charge in [0.1, 0.15) is 0 Å². The second-order valence-corrected chi connectivity index (χ2v) is 26.1. The second kappa shape index (κ2) is 79.9. The number of rotatable bonds is 3. The Kier molecular flexibility index (Phi) is 81.5. The van der Waals surface area contributed by atoms with Gasteiger partial charge < -0.3 is 0 Å². The van der Waals surface area contributed by atoms with Gasteiger partial charge in [0.05, 0.1) is 22.1 Å². The molecule has 5 heterocycles. The molecular formula is C119H157N5Y3-6. The first-order chi connectivity index (χ1) is 60.1. The van der Waals surface area contributed by atoms with Crippen molar-refractivity contribution in [1.29, 1.82) is 0 Å². The number of aromatic nitrogens is 5. The largest absolute Gasteiger partial charge is 0.258 e. The molecule has 0 N–H and O–H groups in total. The van der Waals surface area contributed by atoms with Gasteiger partial charge in [-0.15, -0.1) is 63.7 Å². The number of benzene rings is 11. The molecule has 127 heavy (non-hydrogen) atoms. The molecule has 0 amide bonds. The minimum atomic E-state index is 0. The molecule has 0 atom stereocenters. The molecule has 5 aromatic heterocycles. The molecule has 5 nitrogen and oxygen atoms in total. The van der Waals surface area contributed by atoms with Crippen LogP contribution in [0.3, 0.4) is 0 Å². The molecule has 0 spiro atoms. The van der Waals surface area contributed by atoms with Crippen LogP contribution >= 0.6 is 0 Å². The minimum absolute atomic E-state index is 0. The fraction of sp³-hybridized carbons (Fsp3) is 0.319. The number of pyridine rings is 5. The first kappa shape index (κ1) is 130. The van der Waals surface area contributed by atoms with E-state index in [2.05, 4.69) is 357 Å². The fourth-order valence-electron chi connectivity index (χ4n) is 11.6. The summed E-state index contributed by atoms with van der Waals surface area (Å²) in [5.41, 5.74) is 30.0. The van der Waals surface area contributed by atoms with Crippen molar-refractivity contribution >= 4 is 54.4 Å². The van der Waals surface area contributed by atoms with E-state index < -0.39 is 0 Å². The molecule has 0 bridgehead atoms. The maximum absolute atomic E-state index is 4.44. The molecule has 0 unspecified atom stereocenters. The molecule has 0 aliphatic rings. The van der Waals surface area contributed by atoms with Gasteiger partial charge >= 0.3 is 0 Å². The third kappa shape index (κ3) is 50.0. The summed E-state index contributed by atoms with van der Waals surface area (Å²) in [5.74, 6) is 0. The number of nitrogens with zero attached hydrogens (tertiary/aromatic N) is 5. The molecule has 0 saturated carbocycles. The van der Waals surface area contributed by atoms with Crippen LogP contribution in [0.4, 0.5) is 0 Å². The Morgan fingerprint density at radius 1 is 0.213 bits per heavy atom. The van der Waals surface area contributed by atoms with Crippen molar-refractivity contribution in [3.05, 3.63) is 387 Å². The Labute approximate surface area is 852 Å². The van der Waals surface area contributed by atoms with Crippen molar-refractivity contribution in [1.82, 2.24) is 24.9 Å². The van der Waals surface area contributed by atoms with Crippen molar-refractivity contribution in [3.63, 3.8) is 0 Å². The molecule has 16 rings (SSSR count). The van der Waals surface area contributed by atoms with E-state index in [1.807, 2.05) is 229 Å². The minimum Gasteiger partial charge on any atom is -0.258 e. The normalized spacial score (nSPS) is 8.83. The zero-order valence-corrected chi connectivity index (χ0v) is 94.3. The summed E-state index contributed by atoms with van der Waals surface area (Å²) in [6, 6.07) is 107. The van der Waals surface area contributed by atoms with Crippen LogP contribution in [-0.2, 0) is 98.1 Å². The van der Waals surface area contributed by atoms with Gasteiger partial charge in [0, 0.05) is 160 Å². The number of para-hydroxylation sites is 1. The molecule has 3 radical (unpaired) electrons. The second-order valence-electron chi connectivity index (χ2n) is 26.1. The van der Waals surface area contributed by atoms with Gasteiger partial charge in [0.25, 0.3) is 0 Å². The van der Waals surface area contributed by atoms with Gasteiger partial charge in [-0.2, -0.15) is 115 Å². The maximum Gasteiger partial charge on any atom is 0.0707 e. The van der Waals surface area contributed by atoms with Crippen molar-refractivity contribution < 1.29 is 98.1 Å². The number of hydrogen-bond acceptors (Lipinski definition) is 5. The Bertz CT molecular complexity index is 5030. The smallest absolute Gasteiger partial charge is 0.0707 e.